The number of carbonyl (C=O) groups excluding carboxylic acids is 3. The monoisotopic (exact) mass is 384 g/mol. The van der Waals surface area contributed by atoms with Gasteiger partial charge in [-0.25, -0.2) is 0 Å². The lowest BCUT2D eigenvalue weighted by Crippen LogP contribution is -2.28. The zero-order chi connectivity index (χ0) is 20.2. The number of imide groups is 1. The first kappa shape index (κ1) is 18.6. The molecule has 1 aliphatic rings. The predicted molar refractivity (Wildman–Crippen MR) is 112 cm³/mol. The smallest absolute Gasteiger partial charge is 0.255 e. The summed E-state index contributed by atoms with van der Waals surface area (Å²) in [7, 11) is 0. The van der Waals surface area contributed by atoms with Gasteiger partial charge in [0.15, 0.2) is 0 Å². The van der Waals surface area contributed by atoms with Crippen LogP contribution in [-0.2, 0) is 16.0 Å². The maximum atomic E-state index is 12.7. The SMILES string of the molecule is O=C(Nc1ccccc1Cc1ccccc1)c1ccc(N2C(=O)CCC2=O)cc1. The minimum absolute atomic E-state index is 0.206. The van der Waals surface area contributed by atoms with E-state index in [1.165, 1.54) is 10.5 Å². The third kappa shape index (κ3) is 4.09. The standard InChI is InChI=1S/C24H20N2O3/c27-22-14-15-23(28)26(22)20-12-10-18(11-13-20)24(29)25-21-9-5-4-8-19(21)16-17-6-2-1-3-7-17/h1-13H,14-16H2,(H,25,29). The maximum Gasteiger partial charge on any atom is 0.255 e. The molecule has 0 bridgehead atoms. The summed E-state index contributed by atoms with van der Waals surface area (Å²) in [4.78, 5) is 37.6. The quantitative estimate of drug-likeness (QED) is 0.671. The molecular formula is C24H20N2O3. The third-order valence-corrected chi connectivity index (χ3v) is 4.94. The summed E-state index contributed by atoms with van der Waals surface area (Å²) >= 11 is 0. The van der Waals surface area contributed by atoms with E-state index >= 15 is 0 Å². The van der Waals surface area contributed by atoms with Gasteiger partial charge in [-0.15, -0.1) is 0 Å². The Kier molecular flexibility index (Phi) is 5.20. The first-order valence-electron chi connectivity index (χ1n) is 9.51. The summed E-state index contributed by atoms with van der Waals surface area (Å²) in [5, 5.41) is 2.97. The molecule has 1 N–H and O–H groups in total. The van der Waals surface area contributed by atoms with Crippen molar-refractivity contribution < 1.29 is 14.4 Å². The predicted octanol–water partition coefficient (Wildman–Crippen LogP) is 4.18. The fourth-order valence-corrected chi connectivity index (χ4v) is 3.43. The molecule has 5 heteroatoms. The van der Waals surface area contributed by atoms with E-state index in [0.29, 0.717) is 11.3 Å². The van der Waals surface area contributed by atoms with Crippen molar-refractivity contribution in [3.63, 3.8) is 0 Å². The summed E-state index contributed by atoms with van der Waals surface area (Å²) in [5.74, 6) is -0.653. The summed E-state index contributed by atoms with van der Waals surface area (Å²) < 4.78 is 0. The van der Waals surface area contributed by atoms with Crippen LogP contribution in [0.2, 0.25) is 0 Å². The maximum absolute atomic E-state index is 12.7. The molecule has 0 spiro atoms. The Labute approximate surface area is 169 Å². The third-order valence-electron chi connectivity index (χ3n) is 4.94. The Morgan fingerprint density at radius 1 is 0.793 bits per heavy atom. The van der Waals surface area contributed by atoms with Crippen LogP contribution >= 0.6 is 0 Å². The van der Waals surface area contributed by atoms with Crippen molar-refractivity contribution in [3.8, 4) is 0 Å². The van der Waals surface area contributed by atoms with Gasteiger partial charge in [0.25, 0.3) is 5.91 Å². The van der Waals surface area contributed by atoms with E-state index in [-0.39, 0.29) is 30.6 Å². The van der Waals surface area contributed by atoms with E-state index < -0.39 is 0 Å². The largest absolute Gasteiger partial charge is 0.322 e. The Balaban J connectivity index is 1.50. The minimum Gasteiger partial charge on any atom is -0.322 e. The normalized spacial score (nSPS) is 13.6. The number of amides is 3. The van der Waals surface area contributed by atoms with E-state index in [4.69, 9.17) is 0 Å². The van der Waals surface area contributed by atoms with E-state index in [1.807, 2.05) is 42.5 Å². The molecule has 3 aromatic carbocycles. The van der Waals surface area contributed by atoms with Crippen LogP contribution in [0.25, 0.3) is 0 Å². The van der Waals surface area contributed by atoms with Gasteiger partial charge >= 0.3 is 0 Å². The van der Waals surface area contributed by atoms with Crippen LogP contribution in [0.4, 0.5) is 11.4 Å². The van der Waals surface area contributed by atoms with Crippen LogP contribution in [0.1, 0.15) is 34.3 Å². The molecule has 0 aromatic heterocycles. The second-order valence-corrected chi connectivity index (χ2v) is 6.94. The molecule has 0 saturated carbocycles. The number of hydrogen-bond acceptors (Lipinski definition) is 3. The molecule has 0 radical (unpaired) electrons. The molecule has 1 heterocycles. The molecule has 144 valence electrons. The second kappa shape index (κ2) is 8.10. The van der Waals surface area contributed by atoms with Gasteiger partial charge in [0.2, 0.25) is 11.8 Å². The number of para-hydroxylation sites is 1. The van der Waals surface area contributed by atoms with Gasteiger partial charge in [0, 0.05) is 24.1 Å². The Bertz CT molecular complexity index is 1040. The highest BCUT2D eigenvalue weighted by molar-refractivity contribution is 6.20. The average molecular weight is 384 g/mol. The van der Waals surface area contributed by atoms with Gasteiger partial charge in [-0.05, 0) is 47.9 Å². The zero-order valence-electron chi connectivity index (χ0n) is 15.8. The Morgan fingerprint density at radius 2 is 1.41 bits per heavy atom. The van der Waals surface area contributed by atoms with Gasteiger partial charge in [-0.1, -0.05) is 48.5 Å². The van der Waals surface area contributed by atoms with Gasteiger partial charge < -0.3 is 5.32 Å². The Hall–Kier alpha value is -3.73. The van der Waals surface area contributed by atoms with E-state index in [2.05, 4.69) is 17.4 Å². The van der Waals surface area contributed by atoms with Crippen molar-refractivity contribution in [2.24, 2.45) is 0 Å². The summed E-state index contributed by atoms with van der Waals surface area (Å²) in [6.45, 7) is 0. The lowest BCUT2D eigenvalue weighted by Gasteiger charge is -2.15. The summed E-state index contributed by atoms with van der Waals surface area (Å²) in [6, 6.07) is 24.3. The fraction of sp³-hybridized carbons (Fsp3) is 0.125. The van der Waals surface area contributed by atoms with Crippen molar-refractivity contribution in [1.29, 1.82) is 0 Å². The average Bonchev–Trinajstić information content (AvgIpc) is 3.08. The summed E-state index contributed by atoms with van der Waals surface area (Å²) in [6.07, 6.45) is 1.19. The van der Waals surface area contributed by atoms with E-state index in [1.54, 1.807) is 24.3 Å². The van der Waals surface area contributed by atoms with Crippen LogP contribution in [0.5, 0.6) is 0 Å². The highest BCUT2D eigenvalue weighted by atomic mass is 16.2. The van der Waals surface area contributed by atoms with Gasteiger partial charge in [0.05, 0.1) is 5.69 Å². The fourth-order valence-electron chi connectivity index (χ4n) is 3.43. The number of hydrogen-bond donors (Lipinski definition) is 1. The number of rotatable bonds is 5. The van der Waals surface area contributed by atoms with Crippen LogP contribution in [0.15, 0.2) is 78.9 Å². The number of anilines is 2. The molecule has 1 aliphatic heterocycles. The van der Waals surface area contributed by atoms with Gasteiger partial charge in [-0.2, -0.15) is 0 Å². The first-order chi connectivity index (χ1) is 14.1. The van der Waals surface area contributed by atoms with Crippen molar-refractivity contribution in [2.75, 3.05) is 10.2 Å². The van der Waals surface area contributed by atoms with Gasteiger partial charge in [-0.3, -0.25) is 19.3 Å². The van der Waals surface area contributed by atoms with Crippen molar-refractivity contribution >= 4 is 29.1 Å². The number of nitrogens with one attached hydrogen (secondary N) is 1. The molecule has 1 saturated heterocycles. The van der Waals surface area contributed by atoms with Crippen molar-refractivity contribution in [3.05, 3.63) is 95.6 Å². The molecule has 29 heavy (non-hydrogen) atoms. The highest BCUT2D eigenvalue weighted by Gasteiger charge is 2.30. The topological polar surface area (TPSA) is 66.5 Å². The molecule has 4 rings (SSSR count). The van der Waals surface area contributed by atoms with Crippen molar-refractivity contribution in [2.45, 2.75) is 19.3 Å². The number of nitrogens with zero attached hydrogens (tertiary/aromatic N) is 1. The molecule has 3 aromatic rings. The van der Waals surface area contributed by atoms with E-state index in [9.17, 15) is 14.4 Å². The molecule has 0 atom stereocenters. The molecule has 5 nitrogen and oxygen atoms in total. The van der Waals surface area contributed by atoms with Crippen molar-refractivity contribution in [1.82, 2.24) is 0 Å². The van der Waals surface area contributed by atoms with Crippen LogP contribution < -0.4 is 10.2 Å². The lowest BCUT2D eigenvalue weighted by atomic mass is 10.0. The summed E-state index contributed by atoms with van der Waals surface area (Å²) in [5.41, 5.74) is 3.91. The first-order valence-corrected chi connectivity index (χ1v) is 9.51. The van der Waals surface area contributed by atoms with E-state index in [0.717, 1.165) is 17.7 Å². The molecular weight excluding hydrogens is 364 g/mol. The molecule has 3 amide bonds. The highest BCUT2D eigenvalue weighted by Crippen LogP contribution is 2.24. The lowest BCUT2D eigenvalue weighted by molar-refractivity contribution is -0.121. The minimum atomic E-state index is -0.240. The van der Waals surface area contributed by atoms with Crippen LogP contribution in [0.3, 0.4) is 0 Å². The molecule has 0 aliphatic carbocycles. The number of carbonyl (C=O) groups is 3. The number of benzene rings is 3. The molecule has 1 fully saturated rings. The molecule has 0 unspecified atom stereocenters. The van der Waals surface area contributed by atoms with Crippen LogP contribution in [-0.4, -0.2) is 17.7 Å². The second-order valence-electron chi connectivity index (χ2n) is 6.94. The van der Waals surface area contributed by atoms with Gasteiger partial charge in [0.1, 0.15) is 0 Å². The van der Waals surface area contributed by atoms with Crippen LogP contribution in [0, 0.1) is 0 Å². The Morgan fingerprint density at radius 3 is 2.10 bits per heavy atom. The zero-order valence-corrected chi connectivity index (χ0v) is 15.8.